The number of aromatic nitrogens is 3. The van der Waals surface area contributed by atoms with Crippen molar-refractivity contribution in [3.63, 3.8) is 0 Å². The van der Waals surface area contributed by atoms with Gasteiger partial charge in [0.1, 0.15) is 17.3 Å². The molecule has 639 valence electrons. The third kappa shape index (κ3) is 29.5. The summed E-state index contributed by atoms with van der Waals surface area (Å²) in [5.74, 6) is 2.44. The van der Waals surface area contributed by atoms with Gasteiger partial charge >= 0.3 is 0 Å². The van der Waals surface area contributed by atoms with Crippen molar-refractivity contribution < 1.29 is 90.0 Å². The second-order valence-corrected chi connectivity index (χ2v) is 34.5. The van der Waals surface area contributed by atoms with E-state index in [-0.39, 0.29) is 127 Å². The van der Waals surface area contributed by atoms with Crippen LogP contribution in [0.5, 0.6) is 0 Å². The van der Waals surface area contributed by atoms with E-state index in [2.05, 4.69) is 225 Å². The van der Waals surface area contributed by atoms with Gasteiger partial charge in [0.25, 0.3) is 0 Å². The Morgan fingerprint density at radius 1 is 0.345 bits per heavy atom. The van der Waals surface area contributed by atoms with Gasteiger partial charge in [0.15, 0.2) is 17.3 Å². The summed E-state index contributed by atoms with van der Waals surface area (Å²) in [4.78, 5) is 50.0. The fourth-order valence-corrected chi connectivity index (χ4v) is 12.8. The van der Waals surface area contributed by atoms with E-state index in [0.29, 0.717) is 17.8 Å². The van der Waals surface area contributed by atoms with Crippen LogP contribution < -0.4 is 0 Å². The fraction of sp³-hybridized carbons (Fsp3) is 0.481. The van der Waals surface area contributed by atoms with Crippen molar-refractivity contribution in [1.29, 1.82) is 0 Å². The number of ketones is 3. The molecule has 0 saturated heterocycles. The summed E-state index contributed by atoms with van der Waals surface area (Å²) in [5.41, 5.74) is 15.8. The van der Waals surface area contributed by atoms with Crippen LogP contribution in [0, 0.1) is 92.2 Å². The number of pyridine rings is 3. The van der Waals surface area contributed by atoms with E-state index in [1.807, 2.05) is 143 Å². The molecule has 116 heavy (non-hydrogen) atoms. The van der Waals surface area contributed by atoms with E-state index in [4.69, 9.17) is 0 Å². The average Bonchev–Trinajstić information content (AvgIpc) is 0.802. The van der Waals surface area contributed by atoms with Gasteiger partial charge in [-0.2, -0.15) is 0 Å². The Labute approximate surface area is 742 Å². The number of aryl methyl sites for hydroxylation is 6. The Kier molecular flexibility index (Phi) is 44.7. The monoisotopic (exact) mass is 2110 g/mol. The topological polar surface area (TPSA) is 151 Å². The maximum absolute atomic E-state index is 12.2. The van der Waals surface area contributed by atoms with Gasteiger partial charge in [-0.3, -0.25) is 14.4 Å². The third-order valence-corrected chi connectivity index (χ3v) is 24.7. The first kappa shape index (κ1) is 107. The summed E-state index contributed by atoms with van der Waals surface area (Å²) in [5, 5.41) is 37.5. The predicted octanol–water partition coefficient (Wildman–Crippen LogP) is 29.9. The smallest absolute Gasteiger partial charge is 0.164 e. The van der Waals surface area contributed by atoms with E-state index in [0.717, 1.165) is 121 Å². The van der Waals surface area contributed by atoms with Crippen LogP contribution >= 0.6 is 0 Å². The van der Waals surface area contributed by atoms with Crippen molar-refractivity contribution in [3.8, 4) is 33.8 Å². The van der Waals surface area contributed by atoms with Crippen LogP contribution in [0.3, 0.4) is 0 Å². The molecule has 0 saturated carbocycles. The third-order valence-electron chi connectivity index (χ3n) is 24.7. The molecule has 0 amide bonds. The van der Waals surface area contributed by atoms with E-state index in [1.165, 1.54) is 83.9 Å². The molecule has 9 aromatic rings. The Balaban J connectivity index is 0.000000697. The zero-order chi connectivity index (χ0) is 85.3. The number of allylic oxidation sites excluding steroid dienone is 6. The van der Waals surface area contributed by atoms with E-state index >= 15 is 0 Å². The number of fused-ring (bicyclic) bond motifs is 3. The molecule has 6 aromatic carbocycles. The van der Waals surface area contributed by atoms with Crippen molar-refractivity contribution in [3.05, 3.63) is 232 Å². The van der Waals surface area contributed by atoms with Crippen molar-refractivity contribution >= 4 is 49.7 Å². The van der Waals surface area contributed by atoms with Gasteiger partial charge in [-0.1, -0.05) is 262 Å². The molecule has 9 rings (SSSR count). The number of aliphatic hydroxyl groups is 3. The van der Waals surface area contributed by atoms with Gasteiger partial charge in [0, 0.05) is 130 Å². The molecule has 0 aliphatic heterocycles. The number of benzene rings is 6. The molecule has 3 radical (unpaired) electrons. The summed E-state index contributed by atoms with van der Waals surface area (Å²) in [6.45, 7) is 61.8. The summed E-state index contributed by atoms with van der Waals surface area (Å²) in [6, 6.07) is 49.6. The molecule has 1 unspecified atom stereocenters. The maximum Gasteiger partial charge on any atom is 0.164 e. The Bertz CT molecular complexity index is 4470. The minimum Gasteiger partial charge on any atom is -0.512 e. The number of rotatable bonds is 26. The average molecular weight is 2110 g/mol. The van der Waals surface area contributed by atoms with E-state index in [9.17, 15) is 29.7 Å². The van der Waals surface area contributed by atoms with Crippen LogP contribution in [0.1, 0.15) is 305 Å². The molecule has 0 aliphatic carbocycles. The maximum atomic E-state index is 12.2. The quantitative estimate of drug-likeness (QED) is 0.0273. The SMILES string of the molecule is CCC(C)(C)C(=O)C=C(O)C(C)(C)CC.CCC(C)(CC)C(=O)C=C(O)C(C)(CC)CC.CCC(C)(CC)C(=O)C=C(O)C(C)(CC)CC.CCC(C)c1ccc2c(-c3[c-]c(C)cc(C)c3)nccc2c1.Cc1[c-]c(-c2nccc3cc(C(C)C)ccc23)cc(C)c1.Cc1[c-]c(-c2nccc3cc(C(C)C)ccc23)cc(C)c1.[Ir].[Ir].[Ir]. The van der Waals surface area contributed by atoms with Gasteiger partial charge < -0.3 is 30.3 Å². The molecule has 3 aromatic heterocycles. The van der Waals surface area contributed by atoms with Gasteiger partial charge in [-0.05, 0) is 173 Å². The van der Waals surface area contributed by atoms with Gasteiger partial charge in [0.05, 0.1) is 0 Å². The first-order valence-electron chi connectivity index (χ1n) is 42.0. The zero-order valence-corrected chi connectivity index (χ0v) is 83.5. The molecule has 3 N–H and O–H groups in total. The molecule has 0 aliphatic rings. The predicted molar refractivity (Wildman–Crippen MR) is 483 cm³/mol. The molecule has 0 spiro atoms. The second kappa shape index (κ2) is 48.4. The first-order valence-corrected chi connectivity index (χ1v) is 42.0. The largest absolute Gasteiger partial charge is 0.512 e. The molecule has 0 bridgehead atoms. The second-order valence-electron chi connectivity index (χ2n) is 34.5. The Morgan fingerprint density at radius 3 is 0.862 bits per heavy atom. The number of nitrogens with zero attached hydrogens (tertiary/aromatic N) is 3. The van der Waals surface area contributed by atoms with Crippen molar-refractivity contribution in [2.45, 2.75) is 296 Å². The van der Waals surface area contributed by atoms with Crippen molar-refractivity contribution in [1.82, 2.24) is 15.0 Å². The summed E-state index contributed by atoms with van der Waals surface area (Å²) in [7, 11) is 0. The minimum atomic E-state index is -0.377. The zero-order valence-electron chi connectivity index (χ0n) is 76.3. The molecule has 9 nitrogen and oxygen atoms in total. The summed E-state index contributed by atoms with van der Waals surface area (Å²) < 4.78 is 0. The molecule has 0 fully saturated rings. The summed E-state index contributed by atoms with van der Waals surface area (Å²) >= 11 is 0. The Morgan fingerprint density at radius 2 is 0.612 bits per heavy atom. The first-order chi connectivity index (χ1) is 52.9. The van der Waals surface area contributed by atoms with Gasteiger partial charge in [-0.25, -0.2) is 0 Å². The number of carbonyl (C=O) groups excluding carboxylic acids is 3. The molecular formula is C104H142Ir3N3O6-3. The van der Waals surface area contributed by atoms with Crippen LogP contribution in [-0.4, -0.2) is 47.6 Å². The van der Waals surface area contributed by atoms with E-state index in [1.54, 1.807) is 0 Å². The van der Waals surface area contributed by atoms with Crippen LogP contribution in [0.2, 0.25) is 0 Å². The number of hydrogen-bond acceptors (Lipinski definition) is 9. The standard InChI is InChI=1S/C21H22N.2C20H20N.2C15H28O2.C13H24O2.3Ir/c1-5-16(4)17-6-7-20-18(13-17)8-9-22-21(20)19-11-14(2)10-15(3)12-19;2*1-13(2)16-5-6-19-17(12-16)7-8-21-20(19)18-10-14(3)9-15(4)11-18;2*1-7-14(5,8-2)12(16)11-13(17)15(6,9-3)10-4;1-7-12(3,4)10(14)9-11(15)13(5,6)8-2;;;/h6-11,13,16H,5H2,1-4H3;2*5-10,12-13H,1-4H3;2*11,16H,7-10H2,1-6H3;9,14H,7-8H2,1-6H3;;;/q3*-1;;;;;;. The van der Waals surface area contributed by atoms with Crippen molar-refractivity contribution in [2.75, 3.05) is 0 Å². The van der Waals surface area contributed by atoms with Crippen LogP contribution in [0.4, 0.5) is 0 Å². The van der Waals surface area contributed by atoms with Crippen LogP contribution in [0.15, 0.2) is 163 Å². The molecule has 3 heterocycles. The number of aliphatic hydroxyl groups excluding tert-OH is 3. The number of hydrogen-bond donors (Lipinski definition) is 3. The molecule has 1 atom stereocenters. The van der Waals surface area contributed by atoms with Crippen molar-refractivity contribution in [2.24, 2.45) is 32.5 Å². The Hall–Kier alpha value is -6.87. The van der Waals surface area contributed by atoms with Gasteiger partial charge in [-0.15, -0.1) is 105 Å². The van der Waals surface area contributed by atoms with Crippen LogP contribution in [0.25, 0.3) is 66.1 Å². The number of carbonyl (C=O) groups is 3. The molecular weight excluding hydrogens is 1960 g/mol. The summed E-state index contributed by atoms with van der Waals surface area (Å²) in [6.07, 6.45) is 19.4. The fourth-order valence-electron chi connectivity index (χ4n) is 12.8. The normalized spacial score (nSPS) is 12.4. The van der Waals surface area contributed by atoms with Gasteiger partial charge in [0.2, 0.25) is 0 Å². The minimum absolute atomic E-state index is 0. The van der Waals surface area contributed by atoms with E-state index < -0.39 is 0 Å². The van der Waals surface area contributed by atoms with Crippen LogP contribution in [-0.2, 0) is 74.7 Å². The molecule has 12 heteroatoms.